The second-order valence-electron chi connectivity index (χ2n) is 5.84. The number of nitrogens with zero attached hydrogens (tertiary/aromatic N) is 1. The Bertz CT molecular complexity index is 581. The van der Waals surface area contributed by atoms with Crippen molar-refractivity contribution in [1.82, 2.24) is 10.2 Å². The molecule has 1 atom stereocenters. The predicted molar refractivity (Wildman–Crippen MR) is 86.4 cm³/mol. The Labute approximate surface area is 140 Å². The summed E-state index contributed by atoms with van der Waals surface area (Å²) in [4.78, 5) is 14.3. The van der Waals surface area contributed by atoms with Crippen molar-refractivity contribution in [2.24, 2.45) is 0 Å². The molecule has 1 aromatic rings. The van der Waals surface area contributed by atoms with E-state index in [1.807, 2.05) is 6.07 Å². The van der Waals surface area contributed by atoms with E-state index in [9.17, 15) is 4.79 Å². The molecule has 23 heavy (non-hydrogen) atoms. The summed E-state index contributed by atoms with van der Waals surface area (Å²) in [5.74, 6) is 1.10. The summed E-state index contributed by atoms with van der Waals surface area (Å²) in [5.41, 5.74) is 0.804. The summed E-state index contributed by atoms with van der Waals surface area (Å²) in [6, 6.07) is 3.56. The zero-order valence-corrected chi connectivity index (χ0v) is 13.9. The SMILES string of the molecule is CN1CCOC(CNC(=O)Cc2cc(Cl)c3c(c2)OCCO3)C1. The number of rotatable bonds is 4. The van der Waals surface area contributed by atoms with Crippen molar-refractivity contribution in [2.75, 3.05) is 46.5 Å². The molecule has 1 amide bonds. The minimum Gasteiger partial charge on any atom is -0.486 e. The van der Waals surface area contributed by atoms with E-state index in [1.165, 1.54) is 0 Å². The highest BCUT2D eigenvalue weighted by atomic mass is 35.5. The van der Waals surface area contributed by atoms with Crippen LogP contribution in [0, 0.1) is 0 Å². The van der Waals surface area contributed by atoms with Crippen molar-refractivity contribution < 1.29 is 19.0 Å². The van der Waals surface area contributed by atoms with Crippen molar-refractivity contribution in [3.05, 3.63) is 22.7 Å². The van der Waals surface area contributed by atoms with Crippen molar-refractivity contribution in [3.8, 4) is 11.5 Å². The second-order valence-corrected chi connectivity index (χ2v) is 6.24. The highest BCUT2D eigenvalue weighted by molar-refractivity contribution is 6.32. The third-order valence-electron chi connectivity index (χ3n) is 3.89. The molecule has 0 aliphatic carbocycles. The molecule has 0 bridgehead atoms. The summed E-state index contributed by atoms with van der Waals surface area (Å²) in [6.45, 7) is 3.96. The number of hydrogen-bond donors (Lipinski definition) is 1. The second kappa shape index (κ2) is 7.38. The van der Waals surface area contributed by atoms with Gasteiger partial charge in [0.15, 0.2) is 11.5 Å². The van der Waals surface area contributed by atoms with Crippen LogP contribution in [0.25, 0.3) is 0 Å². The van der Waals surface area contributed by atoms with E-state index in [0.717, 1.165) is 18.7 Å². The number of carbonyl (C=O) groups is 1. The van der Waals surface area contributed by atoms with Gasteiger partial charge in [-0.05, 0) is 24.7 Å². The molecule has 2 aliphatic rings. The first-order valence-corrected chi connectivity index (χ1v) is 8.14. The van der Waals surface area contributed by atoms with E-state index in [0.29, 0.717) is 42.9 Å². The lowest BCUT2D eigenvalue weighted by atomic mass is 10.1. The minimum absolute atomic E-state index is 0.0431. The van der Waals surface area contributed by atoms with Crippen LogP contribution in [0.5, 0.6) is 11.5 Å². The maximum Gasteiger partial charge on any atom is 0.224 e. The fourth-order valence-electron chi connectivity index (χ4n) is 2.73. The molecular formula is C16H21ClN2O4. The van der Waals surface area contributed by atoms with Crippen LogP contribution < -0.4 is 14.8 Å². The molecule has 0 aromatic heterocycles. The van der Waals surface area contributed by atoms with Crippen LogP contribution >= 0.6 is 11.6 Å². The molecule has 6 nitrogen and oxygen atoms in total. The molecule has 1 aromatic carbocycles. The first-order valence-electron chi connectivity index (χ1n) is 7.76. The lowest BCUT2D eigenvalue weighted by Gasteiger charge is -2.30. The number of benzene rings is 1. The van der Waals surface area contributed by atoms with E-state index in [1.54, 1.807) is 6.07 Å². The standard InChI is InChI=1S/C16H21ClN2O4/c1-19-2-3-21-12(10-19)9-18-15(20)8-11-6-13(17)16-14(7-11)22-4-5-23-16/h6-7,12H,2-5,8-10H2,1H3,(H,18,20). The molecule has 3 rings (SSSR count). The van der Waals surface area contributed by atoms with Gasteiger partial charge in [-0.1, -0.05) is 11.6 Å². The first-order chi connectivity index (χ1) is 11.1. The summed E-state index contributed by atoms with van der Waals surface area (Å²) in [5, 5.41) is 3.39. The van der Waals surface area contributed by atoms with Crippen molar-refractivity contribution in [1.29, 1.82) is 0 Å². The van der Waals surface area contributed by atoms with Crippen molar-refractivity contribution >= 4 is 17.5 Å². The maximum atomic E-state index is 12.1. The summed E-state index contributed by atoms with van der Waals surface area (Å²) < 4.78 is 16.6. The van der Waals surface area contributed by atoms with Gasteiger partial charge in [-0.2, -0.15) is 0 Å². The van der Waals surface area contributed by atoms with Crippen LogP contribution in [0.3, 0.4) is 0 Å². The van der Waals surface area contributed by atoms with Gasteiger partial charge < -0.3 is 24.4 Å². The van der Waals surface area contributed by atoms with Gasteiger partial charge >= 0.3 is 0 Å². The molecule has 0 radical (unpaired) electrons. The zero-order chi connectivity index (χ0) is 16.2. The number of fused-ring (bicyclic) bond motifs is 1. The number of nitrogens with one attached hydrogen (secondary N) is 1. The molecule has 0 saturated carbocycles. The molecule has 1 fully saturated rings. The Balaban J connectivity index is 1.54. The van der Waals surface area contributed by atoms with Gasteiger partial charge in [-0.3, -0.25) is 4.79 Å². The van der Waals surface area contributed by atoms with Gasteiger partial charge in [-0.15, -0.1) is 0 Å². The van der Waals surface area contributed by atoms with E-state index >= 15 is 0 Å². The monoisotopic (exact) mass is 340 g/mol. The number of amides is 1. The number of likely N-dealkylation sites (N-methyl/N-ethyl adjacent to an activating group) is 1. The topological polar surface area (TPSA) is 60.0 Å². The maximum absolute atomic E-state index is 12.1. The van der Waals surface area contributed by atoms with Crippen LogP contribution in [-0.2, 0) is 16.0 Å². The quantitative estimate of drug-likeness (QED) is 0.889. The molecule has 1 N–H and O–H groups in total. The minimum atomic E-state index is -0.0606. The number of ether oxygens (including phenoxy) is 3. The third-order valence-corrected chi connectivity index (χ3v) is 4.17. The molecule has 1 unspecified atom stereocenters. The normalized spacial score (nSPS) is 21.0. The average molecular weight is 341 g/mol. The average Bonchev–Trinajstić information content (AvgIpc) is 2.53. The lowest BCUT2D eigenvalue weighted by molar-refractivity contribution is -0.121. The van der Waals surface area contributed by atoms with Gasteiger partial charge in [0.1, 0.15) is 13.2 Å². The predicted octanol–water partition coefficient (Wildman–Crippen LogP) is 1.10. The van der Waals surface area contributed by atoms with E-state index < -0.39 is 0 Å². The fourth-order valence-corrected chi connectivity index (χ4v) is 3.02. The summed E-state index contributed by atoms with van der Waals surface area (Å²) in [6.07, 6.45) is 0.292. The lowest BCUT2D eigenvalue weighted by Crippen LogP contribution is -2.46. The number of hydrogen-bond acceptors (Lipinski definition) is 5. The van der Waals surface area contributed by atoms with E-state index in [2.05, 4.69) is 17.3 Å². The van der Waals surface area contributed by atoms with E-state index in [-0.39, 0.29) is 18.4 Å². The summed E-state index contributed by atoms with van der Waals surface area (Å²) >= 11 is 6.18. The van der Waals surface area contributed by atoms with Crippen LogP contribution in [0.2, 0.25) is 5.02 Å². The van der Waals surface area contributed by atoms with Gasteiger partial charge in [0.05, 0.1) is 24.2 Å². The van der Waals surface area contributed by atoms with Gasteiger partial charge in [0, 0.05) is 19.6 Å². The van der Waals surface area contributed by atoms with Gasteiger partial charge in [0.25, 0.3) is 0 Å². The zero-order valence-electron chi connectivity index (χ0n) is 13.1. The van der Waals surface area contributed by atoms with E-state index in [4.69, 9.17) is 25.8 Å². The largest absolute Gasteiger partial charge is 0.486 e. The van der Waals surface area contributed by atoms with Crippen molar-refractivity contribution in [3.63, 3.8) is 0 Å². The Morgan fingerprint density at radius 1 is 1.35 bits per heavy atom. The Morgan fingerprint density at radius 2 is 2.17 bits per heavy atom. The van der Waals surface area contributed by atoms with Crippen LogP contribution in [-0.4, -0.2) is 63.4 Å². The van der Waals surface area contributed by atoms with Gasteiger partial charge in [-0.25, -0.2) is 0 Å². The van der Waals surface area contributed by atoms with Crippen LogP contribution in [0.1, 0.15) is 5.56 Å². The van der Waals surface area contributed by atoms with Crippen molar-refractivity contribution in [2.45, 2.75) is 12.5 Å². The number of halogens is 1. The molecule has 0 spiro atoms. The Hall–Kier alpha value is -1.50. The number of morpholine rings is 1. The number of carbonyl (C=O) groups excluding carboxylic acids is 1. The molecular weight excluding hydrogens is 320 g/mol. The Morgan fingerprint density at radius 3 is 3.00 bits per heavy atom. The van der Waals surface area contributed by atoms with Crippen LogP contribution in [0.15, 0.2) is 12.1 Å². The molecule has 7 heteroatoms. The van der Waals surface area contributed by atoms with Gasteiger partial charge in [0.2, 0.25) is 5.91 Å². The fraction of sp³-hybridized carbons (Fsp3) is 0.562. The smallest absolute Gasteiger partial charge is 0.224 e. The molecule has 2 heterocycles. The molecule has 126 valence electrons. The molecule has 1 saturated heterocycles. The third kappa shape index (κ3) is 4.28. The van der Waals surface area contributed by atoms with Crippen LogP contribution in [0.4, 0.5) is 0 Å². The Kier molecular flexibility index (Phi) is 5.25. The highest BCUT2D eigenvalue weighted by Gasteiger charge is 2.20. The molecule has 2 aliphatic heterocycles. The first kappa shape index (κ1) is 16.4. The highest BCUT2D eigenvalue weighted by Crippen LogP contribution is 2.38. The summed E-state index contributed by atoms with van der Waals surface area (Å²) in [7, 11) is 2.05.